The van der Waals surface area contributed by atoms with Gasteiger partial charge >= 0.3 is 0 Å². The molecule has 0 aliphatic carbocycles. The van der Waals surface area contributed by atoms with E-state index in [4.69, 9.17) is 9.47 Å². The van der Waals surface area contributed by atoms with E-state index < -0.39 is 9.84 Å². The number of benzene rings is 2. The molecular formula is C25H24N4O5S. The van der Waals surface area contributed by atoms with Gasteiger partial charge in [0.1, 0.15) is 12.0 Å². The zero-order valence-electron chi connectivity index (χ0n) is 19.0. The second-order valence-corrected chi connectivity index (χ2v) is 10.8. The van der Waals surface area contributed by atoms with Crippen LogP contribution < -0.4 is 10.3 Å². The molecular weight excluding hydrogens is 468 g/mol. The zero-order valence-corrected chi connectivity index (χ0v) is 19.8. The highest BCUT2D eigenvalue weighted by Crippen LogP contribution is 2.31. The summed E-state index contributed by atoms with van der Waals surface area (Å²) in [6.07, 6.45) is 7.08. The van der Waals surface area contributed by atoms with E-state index in [1.54, 1.807) is 28.9 Å². The Bertz CT molecular complexity index is 1590. The molecule has 1 saturated heterocycles. The lowest BCUT2D eigenvalue weighted by Crippen LogP contribution is -2.24. The monoisotopic (exact) mass is 492 g/mol. The van der Waals surface area contributed by atoms with Gasteiger partial charge in [0.05, 0.1) is 40.2 Å². The highest BCUT2D eigenvalue weighted by Gasteiger charge is 2.22. The Labute approximate surface area is 201 Å². The topological polar surface area (TPSA) is 105 Å². The molecule has 180 valence electrons. The summed E-state index contributed by atoms with van der Waals surface area (Å²) in [5, 5.41) is 9.71. The maximum atomic E-state index is 13.2. The first-order chi connectivity index (χ1) is 17.0. The van der Waals surface area contributed by atoms with E-state index >= 15 is 0 Å². The predicted molar refractivity (Wildman–Crippen MR) is 127 cm³/mol. The van der Waals surface area contributed by atoms with Crippen LogP contribution >= 0.6 is 0 Å². The van der Waals surface area contributed by atoms with Crippen molar-refractivity contribution < 1.29 is 17.9 Å². The maximum absolute atomic E-state index is 13.2. The molecule has 1 unspecified atom stereocenters. The van der Waals surface area contributed by atoms with Crippen molar-refractivity contribution >= 4 is 20.6 Å². The van der Waals surface area contributed by atoms with E-state index in [-0.39, 0.29) is 28.1 Å². The Kier molecular flexibility index (Phi) is 5.42. The van der Waals surface area contributed by atoms with Crippen LogP contribution in [0.15, 0.2) is 69.4 Å². The van der Waals surface area contributed by atoms with Crippen LogP contribution in [0.4, 0.5) is 0 Å². The fourth-order valence-corrected chi connectivity index (χ4v) is 5.97. The van der Waals surface area contributed by atoms with Gasteiger partial charge in [0, 0.05) is 24.6 Å². The number of aromatic nitrogens is 4. The molecule has 2 aliphatic rings. The fourth-order valence-electron chi connectivity index (χ4n) is 4.62. The smallest absolute Gasteiger partial charge is 0.274 e. The summed E-state index contributed by atoms with van der Waals surface area (Å²) in [5.74, 6) is 0.725. The summed E-state index contributed by atoms with van der Waals surface area (Å²) in [6.45, 7) is 1.50. The van der Waals surface area contributed by atoms with E-state index in [1.165, 1.54) is 23.0 Å². The number of fused-ring (bicyclic) bond motifs is 2. The Morgan fingerprint density at radius 1 is 1.03 bits per heavy atom. The number of ether oxygens (including phenoxy) is 2. The lowest BCUT2D eigenvalue weighted by atomic mass is 10.2. The fraction of sp³-hybridized carbons (Fsp3) is 0.320. The molecule has 0 N–H and O–H groups in total. The van der Waals surface area contributed by atoms with Crippen LogP contribution in [0, 0.1) is 0 Å². The standard InChI is InChI=1S/C25H24N4O5S/c30-25-22-6-4-20(35(31,32)21-5-7-23-17(13-21)9-12-33-23)14-18(22)15-26-29(25)16-19-8-10-28(27-19)24-3-1-2-11-34-24/h4-8,10,13-15,24H,1-3,9,11-12,16H2. The van der Waals surface area contributed by atoms with Gasteiger partial charge in [-0.2, -0.15) is 10.2 Å². The minimum Gasteiger partial charge on any atom is -0.493 e. The molecule has 9 nitrogen and oxygen atoms in total. The van der Waals surface area contributed by atoms with Gasteiger partial charge in [-0.15, -0.1) is 0 Å². The Balaban J connectivity index is 1.28. The number of hydrogen-bond acceptors (Lipinski definition) is 7. The normalized spacial score (nSPS) is 17.9. The van der Waals surface area contributed by atoms with Crippen molar-refractivity contribution in [3.63, 3.8) is 0 Å². The lowest BCUT2D eigenvalue weighted by molar-refractivity contribution is -0.0397. The molecule has 1 atom stereocenters. The van der Waals surface area contributed by atoms with Gasteiger partial charge in [0.25, 0.3) is 5.56 Å². The molecule has 10 heteroatoms. The van der Waals surface area contributed by atoms with Gasteiger partial charge in [-0.3, -0.25) is 4.79 Å². The highest BCUT2D eigenvalue weighted by molar-refractivity contribution is 7.91. The molecule has 35 heavy (non-hydrogen) atoms. The maximum Gasteiger partial charge on any atom is 0.274 e. The van der Waals surface area contributed by atoms with Crippen LogP contribution in [0.25, 0.3) is 10.8 Å². The van der Waals surface area contributed by atoms with Crippen molar-refractivity contribution in [2.75, 3.05) is 13.2 Å². The van der Waals surface area contributed by atoms with Crippen LogP contribution in [-0.2, 0) is 27.5 Å². The van der Waals surface area contributed by atoms with Crippen molar-refractivity contribution in [1.29, 1.82) is 0 Å². The Morgan fingerprint density at radius 3 is 2.74 bits per heavy atom. The lowest BCUT2D eigenvalue weighted by Gasteiger charge is -2.22. The van der Waals surface area contributed by atoms with Crippen LogP contribution in [-0.4, -0.2) is 41.2 Å². The molecule has 4 heterocycles. The molecule has 0 spiro atoms. The van der Waals surface area contributed by atoms with Crippen LogP contribution in [0.2, 0.25) is 0 Å². The average molecular weight is 493 g/mol. The van der Waals surface area contributed by atoms with Gasteiger partial charge < -0.3 is 9.47 Å². The van der Waals surface area contributed by atoms with Crippen molar-refractivity contribution in [3.05, 3.63) is 76.5 Å². The minimum atomic E-state index is -3.75. The molecule has 0 amide bonds. The zero-order chi connectivity index (χ0) is 24.0. The molecule has 2 aromatic heterocycles. The quantitative estimate of drug-likeness (QED) is 0.421. The second-order valence-electron chi connectivity index (χ2n) is 8.84. The molecule has 4 aromatic rings. The molecule has 2 aromatic carbocycles. The first kappa shape index (κ1) is 22.0. The second kappa shape index (κ2) is 8.62. The number of rotatable bonds is 5. The van der Waals surface area contributed by atoms with Crippen LogP contribution in [0.5, 0.6) is 5.75 Å². The summed E-state index contributed by atoms with van der Waals surface area (Å²) < 4.78 is 40.8. The van der Waals surface area contributed by atoms with Gasteiger partial charge in [-0.05, 0) is 67.3 Å². The van der Waals surface area contributed by atoms with Crippen molar-refractivity contribution in [2.45, 2.75) is 48.2 Å². The summed E-state index contributed by atoms with van der Waals surface area (Å²) in [7, 11) is -3.75. The summed E-state index contributed by atoms with van der Waals surface area (Å²) in [5.41, 5.74) is 1.28. The van der Waals surface area contributed by atoms with Gasteiger partial charge in [-0.25, -0.2) is 17.8 Å². The van der Waals surface area contributed by atoms with Crippen molar-refractivity contribution in [3.8, 4) is 5.75 Å². The van der Waals surface area contributed by atoms with E-state index in [2.05, 4.69) is 10.2 Å². The summed E-state index contributed by atoms with van der Waals surface area (Å²) in [6, 6.07) is 11.3. The van der Waals surface area contributed by atoms with Crippen LogP contribution in [0.1, 0.15) is 36.7 Å². The van der Waals surface area contributed by atoms with Gasteiger partial charge in [-0.1, -0.05) is 0 Å². The van der Waals surface area contributed by atoms with E-state index in [9.17, 15) is 13.2 Å². The van der Waals surface area contributed by atoms with E-state index in [0.717, 1.165) is 37.2 Å². The number of sulfone groups is 1. The van der Waals surface area contributed by atoms with Gasteiger partial charge in [0.2, 0.25) is 9.84 Å². The number of nitrogens with zero attached hydrogens (tertiary/aromatic N) is 4. The summed E-state index contributed by atoms with van der Waals surface area (Å²) >= 11 is 0. The largest absolute Gasteiger partial charge is 0.493 e. The van der Waals surface area contributed by atoms with E-state index in [1.807, 2.05) is 12.3 Å². The van der Waals surface area contributed by atoms with E-state index in [0.29, 0.717) is 29.5 Å². The average Bonchev–Trinajstić information content (AvgIpc) is 3.55. The third-order valence-corrected chi connectivity index (χ3v) is 8.28. The third-order valence-electron chi connectivity index (χ3n) is 6.53. The molecule has 2 aliphatic heterocycles. The van der Waals surface area contributed by atoms with Crippen LogP contribution in [0.3, 0.4) is 0 Å². The first-order valence-corrected chi connectivity index (χ1v) is 13.1. The molecule has 0 bridgehead atoms. The minimum absolute atomic E-state index is 0.0719. The third kappa shape index (κ3) is 4.02. The Morgan fingerprint density at radius 2 is 1.89 bits per heavy atom. The molecule has 6 rings (SSSR count). The van der Waals surface area contributed by atoms with Crippen molar-refractivity contribution in [2.24, 2.45) is 0 Å². The molecule has 0 radical (unpaired) electrons. The SMILES string of the molecule is O=c1c2ccc(S(=O)(=O)c3ccc4c(c3)CCO4)cc2cnn1Cc1ccn(C2CCCCO2)n1. The molecule has 0 saturated carbocycles. The Hall–Kier alpha value is -3.50. The van der Waals surface area contributed by atoms with Crippen molar-refractivity contribution in [1.82, 2.24) is 19.6 Å². The number of hydrogen-bond donors (Lipinski definition) is 0. The first-order valence-electron chi connectivity index (χ1n) is 11.7. The highest BCUT2D eigenvalue weighted by atomic mass is 32.2. The predicted octanol–water partition coefficient (Wildman–Crippen LogP) is 3.11. The summed E-state index contributed by atoms with van der Waals surface area (Å²) in [4.78, 5) is 13.4. The van der Waals surface area contributed by atoms with Gasteiger partial charge in [0.15, 0.2) is 0 Å². The molecule has 1 fully saturated rings.